The minimum Gasteiger partial charge on any atom is -0.395 e. The topological polar surface area (TPSA) is 81.4 Å². The third kappa shape index (κ3) is 3.04. The van der Waals surface area contributed by atoms with E-state index in [0.29, 0.717) is 11.1 Å². The predicted octanol–water partition coefficient (Wildman–Crippen LogP) is 2.10. The fourth-order valence-electron chi connectivity index (χ4n) is 3.40. The maximum atomic E-state index is 13.9. The highest BCUT2D eigenvalue weighted by Crippen LogP contribution is 2.42. The molecule has 1 fully saturated rings. The number of hydrogen-bond donors (Lipinski definition) is 1. The van der Waals surface area contributed by atoms with Crippen LogP contribution in [-0.4, -0.2) is 42.8 Å². The van der Waals surface area contributed by atoms with Gasteiger partial charge in [0.25, 0.3) is 0 Å². The first kappa shape index (κ1) is 17.5. The molecule has 0 saturated carbocycles. The van der Waals surface area contributed by atoms with Crippen LogP contribution in [0.2, 0.25) is 0 Å². The third-order valence-corrected chi connectivity index (χ3v) is 5.80. The zero-order valence-electron chi connectivity index (χ0n) is 13.5. The average Bonchev–Trinajstić information content (AvgIpc) is 2.55. The lowest BCUT2D eigenvalue weighted by molar-refractivity contribution is 0.0564. The van der Waals surface area contributed by atoms with E-state index in [1.807, 2.05) is 6.07 Å². The molecule has 1 saturated heterocycles. The number of nitriles is 1. The van der Waals surface area contributed by atoms with Gasteiger partial charge in [-0.15, -0.1) is 0 Å². The van der Waals surface area contributed by atoms with Gasteiger partial charge in [-0.05, 0) is 17.2 Å². The van der Waals surface area contributed by atoms with Crippen LogP contribution in [0.1, 0.15) is 11.5 Å². The molecule has 2 aromatic carbocycles. The summed E-state index contributed by atoms with van der Waals surface area (Å²) in [5.41, 5.74) is 1.90. The second-order valence-electron chi connectivity index (χ2n) is 6.04. The maximum Gasteiger partial charge on any atom is 0.212 e. The summed E-state index contributed by atoms with van der Waals surface area (Å²) >= 11 is 0. The third-order valence-electron chi connectivity index (χ3n) is 4.54. The number of nitrogens with zero attached hydrogens (tertiary/aromatic N) is 2. The molecule has 0 unspecified atom stereocenters. The molecule has 130 valence electrons. The number of halogens is 1. The highest BCUT2D eigenvalue weighted by atomic mass is 32.2. The number of benzene rings is 2. The Hall–Kier alpha value is -2.27. The summed E-state index contributed by atoms with van der Waals surface area (Å²) in [4.78, 5) is 0. The molecule has 5 nitrogen and oxygen atoms in total. The summed E-state index contributed by atoms with van der Waals surface area (Å²) < 4.78 is 38.6. The van der Waals surface area contributed by atoms with Crippen LogP contribution in [0.25, 0.3) is 11.1 Å². The van der Waals surface area contributed by atoms with Crippen LogP contribution in [0.3, 0.4) is 0 Å². The van der Waals surface area contributed by atoms with Crippen molar-refractivity contribution in [3.8, 4) is 17.2 Å². The molecular formula is C18H17FN2O3S. The van der Waals surface area contributed by atoms with E-state index in [2.05, 4.69) is 0 Å². The molecule has 0 spiro atoms. The Morgan fingerprint density at radius 3 is 2.36 bits per heavy atom. The number of aliphatic hydroxyl groups excluding tert-OH is 1. The minimum atomic E-state index is -3.59. The molecule has 2 aromatic rings. The van der Waals surface area contributed by atoms with Crippen LogP contribution in [0.5, 0.6) is 0 Å². The van der Waals surface area contributed by atoms with Gasteiger partial charge in [0.15, 0.2) is 0 Å². The largest absolute Gasteiger partial charge is 0.395 e. The fraction of sp³-hybridized carbons (Fsp3) is 0.278. The average molecular weight is 360 g/mol. The molecule has 0 aliphatic carbocycles. The Morgan fingerprint density at radius 2 is 1.84 bits per heavy atom. The molecule has 0 amide bonds. The van der Waals surface area contributed by atoms with E-state index in [-0.39, 0.29) is 12.4 Å². The summed E-state index contributed by atoms with van der Waals surface area (Å²) in [6.07, 6.45) is 1.03. The van der Waals surface area contributed by atoms with Gasteiger partial charge in [-0.2, -0.15) is 9.57 Å². The predicted molar refractivity (Wildman–Crippen MR) is 91.5 cm³/mol. The smallest absolute Gasteiger partial charge is 0.212 e. The van der Waals surface area contributed by atoms with Crippen LogP contribution in [-0.2, 0) is 10.0 Å². The molecule has 1 aliphatic rings. The normalized spacial score (nSPS) is 23.7. The van der Waals surface area contributed by atoms with Crippen molar-refractivity contribution in [1.29, 1.82) is 5.26 Å². The first-order chi connectivity index (χ1) is 11.9. The van der Waals surface area contributed by atoms with E-state index in [1.54, 1.807) is 42.5 Å². The molecule has 1 N–H and O–H groups in total. The lowest BCUT2D eigenvalue weighted by Gasteiger charge is -2.49. The van der Waals surface area contributed by atoms with E-state index in [0.717, 1.165) is 16.1 Å². The molecule has 1 heterocycles. The maximum absolute atomic E-state index is 13.9. The highest BCUT2D eigenvalue weighted by molar-refractivity contribution is 7.88. The van der Waals surface area contributed by atoms with Crippen LogP contribution in [0.4, 0.5) is 4.39 Å². The fourth-order valence-corrected chi connectivity index (χ4v) is 4.68. The molecular weight excluding hydrogens is 343 g/mol. The van der Waals surface area contributed by atoms with Crippen molar-refractivity contribution in [1.82, 2.24) is 4.31 Å². The summed E-state index contributed by atoms with van der Waals surface area (Å²) in [7, 11) is -3.59. The van der Waals surface area contributed by atoms with Gasteiger partial charge in [-0.25, -0.2) is 12.8 Å². The van der Waals surface area contributed by atoms with E-state index in [1.165, 1.54) is 6.07 Å². The highest BCUT2D eigenvalue weighted by Gasteiger charge is 2.53. The van der Waals surface area contributed by atoms with E-state index in [9.17, 15) is 23.2 Å². The molecule has 25 heavy (non-hydrogen) atoms. The number of aliphatic hydroxyl groups is 1. The van der Waals surface area contributed by atoms with Gasteiger partial charge >= 0.3 is 0 Å². The number of rotatable bonds is 4. The van der Waals surface area contributed by atoms with Crippen LogP contribution in [0.15, 0.2) is 48.5 Å². The van der Waals surface area contributed by atoms with Crippen molar-refractivity contribution in [3.63, 3.8) is 0 Å². The molecule has 1 aliphatic heterocycles. The quantitative estimate of drug-likeness (QED) is 0.905. The van der Waals surface area contributed by atoms with Crippen molar-refractivity contribution >= 4 is 10.0 Å². The van der Waals surface area contributed by atoms with Gasteiger partial charge in [-0.1, -0.05) is 42.5 Å². The molecule has 0 bridgehead atoms. The van der Waals surface area contributed by atoms with E-state index < -0.39 is 28.0 Å². The minimum absolute atomic E-state index is 0.328. The van der Waals surface area contributed by atoms with Crippen molar-refractivity contribution in [2.24, 2.45) is 0 Å². The van der Waals surface area contributed by atoms with Gasteiger partial charge in [0.2, 0.25) is 10.0 Å². The first-order valence-electron chi connectivity index (χ1n) is 7.72. The summed E-state index contributed by atoms with van der Waals surface area (Å²) in [6, 6.07) is 13.9. The van der Waals surface area contributed by atoms with Crippen molar-refractivity contribution < 1.29 is 17.9 Å². The Bertz CT molecular complexity index is 922. The Morgan fingerprint density at radius 1 is 1.20 bits per heavy atom. The summed E-state index contributed by atoms with van der Waals surface area (Å²) in [5, 5.41) is 18.9. The molecule has 7 heteroatoms. The van der Waals surface area contributed by atoms with Crippen LogP contribution in [0, 0.1) is 17.1 Å². The van der Waals surface area contributed by atoms with E-state index >= 15 is 0 Å². The first-order valence-corrected chi connectivity index (χ1v) is 9.57. The lowest BCUT2D eigenvalue weighted by atomic mass is 9.78. The van der Waals surface area contributed by atoms with Gasteiger partial charge in [-0.3, -0.25) is 0 Å². The molecule has 3 atom stereocenters. The Kier molecular flexibility index (Phi) is 4.60. The Labute approximate surface area is 146 Å². The molecule has 0 aromatic heterocycles. The number of hydrogen-bond acceptors (Lipinski definition) is 4. The lowest BCUT2D eigenvalue weighted by Crippen LogP contribution is -2.64. The van der Waals surface area contributed by atoms with Crippen molar-refractivity contribution in [2.45, 2.75) is 18.0 Å². The second kappa shape index (κ2) is 6.56. The zero-order valence-corrected chi connectivity index (χ0v) is 14.3. The van der Waals surface area contributed by atoms with Gasteiger partial charge < -0.3 is 5.11 Å². The SMILES string of the molecule is CS(=O)(=O)N1[C@H](CO)[C@H](c2ccc(-c3ccccc3F)cc2)[C@@H]1C#N. The molecule has 3 rings (SSSR count). The van der Waals surface area contributed by atoms with Crippen LogP contribution < -0.4 is 0 Å². The van der Waals surface area contributed by atoms with Crippen molar-refractivity contribution in [2.75, 3.05) is 12.9 Å². The van der Waals surface area contributed by atoms with Gasteiger partial charge in [0.1, 0.15) is 11.9 Å². The summed E-state index contributed by atoms with van der Waals surface area (Å²) in [5.74, 6) is -0.746. The standard InChI is InChI=1S/C18H17FN2O3S/c1-25(23,24)21-16(10-20)18(17(21)11-22)13-8-6-12(7-9-13)14-4-2-3-5-15(14)19/h2-9,16-18,22H,11H2,1H3/t16-,17+,18+/m0/s1. The monoisotopic (exact) mass is 360 g/mol. The Balaban J connectivity index is 1.92. The zero-order chi connectivity index (χ0) is 18.2. The second-order valence-corrected chi connectivity index (χ2v) is 7.93. The van der Waals surface area contributed by atoms with Gasteiger partial charge in [0, 0.05) is 11.5 Å². The number of sulfonamides is 1. The van der Waals surface area contributed by atoms with E-state index in [4.69, 9.17) is 0 Å². The molecule has 0 radical (unpaired) electrons. The van der Waals surface area contributed by atoms with Crippen LogP contribution >= 0.6 is 0 Å². The van der Waals surface area contributed by atoms with Crippen molar-refractivity contribution in [3.05, 3.63) is 59.9 Å². The summed E-state index contributed by atoms with van der Waals surface area (Å²) in [6.45, 7) is -0.370. The van der Waals surface area contributed by atoms with Gasteiger partial charge in [0.05, 0.1) is 25.0 Å².